The molecule has 0 aromatic heterocycles. The lowest BCUT2D eigenvalue weighted by atomic mass is 10.1. The van der Waals surface area contributed by atoms with Crippen LogP contribution in [0.15, 0.2) is 23.3 Å². The molecule has 0 saturated heterocycles. The second-order valence-corrected chi connectivity index (χ2v) is 3.86. The van der Waals surface area contributed by atoms with Crippen LogP contribution < -0.4 is 0 Å². The van der Waals surface area contributed by atoms with Gasteiger partial charge >= 0.3 is 5.97 Å². The molecule has 0 aromatic carbocycles. The molecule has 0 amide bonds. The van der Waals surface area contributed by atoms with E-state index in [0.29, 0.717) is 13.4 Å². The van der Waals surface area contributed by atoms with Gasteiger partial charge in [-0.1, -0.05) is 17.2 Å². The lowest BCUT2D eigenvalue weighted by Crippen LogP contribution is -1.99. The van der Waals surface area contributed by atoms with Crippen molar-refractivity contribution in [3.8, 4) is 0 Å². The number of ether oxygens (including phenoxy) is 3. The zero-order valence-electron chi connectivity index (χ0n) is 11.1. The van der Waals surface area contributed by atoms with Gasteiger partial charge in [0, 0.05) is 13.2 Å². The van der Waals surface area contributed by atoms with Crippen LogP contribution in [0, 0.1) is 0 Å². The molecule has 0 aliphatic rings. The molecule has 0 aliphatic heterocycles. The first-order chi connectivity index (χ1) is 8.10. The Morgan fingerprint density at radius 3 is 2.47 bits per heavy atom. The van der Waals surface area contributed by atoms with Crippen LogP contribution in [-0.4, -0.2) is 33.6 Å². The summed E-state index contributed by atoms with van der Waals surface area (Å²) in [4.78, 5) is 10.9. The van der Waals surface area contributed by atoms with E-state index in [1.54, 1.807) is 7.11 Å². The molecule has 0 aliphatic carbocycles. The fourth-order valence-corrected chi connectivity index (χ4v) is 1.22. The normalized spacial score (nSPS) is 12.7. The minimum atomic E-state index is -0.299. The van der Waals surface area contributed by atoms with Crippen LogP contribution in [0.3, 0.4) is 0 Å². The zero-order chi connectivity index (χ0) is 13.1. The highest BCUT2D eigenvalue weighted by Crippen LogP contribution is 2.07. The van der Waals surface area contributed by atoms with Gasteiger partial charge in [0.1, 0.15) is 6.79 Å². The summed E-state index contributed by atoms with van der Waals surface area (Å²) in [5.74, 6) is -0.299. The van der Waals surface area contributed by atoms with E-state index in [9.17, 15) is 4.79 Å². The fourth-order valence-electron chi connectivity index (χ4n) is 1.22. The lowest BCUT2D eigenvalue weighted by molar-refractivity contribution is -0.134. The largest absolute Gasteiger partial charge is 0.466 e. The van der Waals surface area contributed by atoms with Crippen LogP contribution in [0.4, 0.5) is 0 Å². The highest BCUT2D eigenvalue weighted by Gasteiger charge is 1.96. The van der Waals surface area contributed by atoms with Gasteiger partial charge in [0.05, 0.1) is 13.7 Å². The summed E-state index contributed by atoms with van der Waals surface area (Å²) >= 11 is 0. The van der Waals surface area contributed by atoms with Crippen LogP contribution in [0.2, 0.25) is 0 Å². The molecular weight excluding hydrogens is 220 g/mol. The maximum Gasteiger partial charge on any atom is 0.330 e. The van der Waals surface area contributed by atoms with Crippen molar-refractivity contribution in [1.29, 1.82) is 0 Å². The third-order valence-electron chi connectivity index (χ3n) is 2.13. The molecular formula is C13H22O4. The Morgan fingerprint density at radius 1 is 1.18 bits per heavy atom. The molecule has 0 rings (SSSR count). The third-order valence-corrected chi connectivity index (χ3v) is 2.13. The van der Waals surface area contributed by atoms with Gasteiger partial charge in [-0.2, -0.15) is 0 Å². The Morgan fingerprint density at radius 2 is 1.88 bits per heavy atom. The molecule has 0 atom stereocenters. The average molecular weight is 242 g/mol. The van der Waals surface area contributed by atoms with E-state index < -0.39 is 0 Å². The van der Waals surface area contributed by atoms with Crippen LogP contribution in [0.25, 0.3) is 0 Å². The Hall–Kier alpha value is -1.13. The van der Waals surface area contributed by atoms with Gasteiger partial charge in [-0.25, -0.2) is 4.79 Å². The van der Waals surface area contributed by atoms with Gasteiger partial charge in [-0.3, -0.25) is 0 Å². The van der Waals surface area contributed by atoms with Crippen molar-refractivity contribution in [3.63, 3.8) is 0 Å². The van der Waals surface area contributed by atoms with Crippen LogP contribution in [-0.2, 0) is 19.0 Å². The summed E-state index contributed by atoms with van der Waals surface area (Å²) in [5, 5.41) is 0. The Bertz CT molecular complexity index is 279. The first-order valence-electron chi connectivity index (χ1n) is 5.57. The molecule has 0 N–H and O–H groups in total. The Balaban J connectivity index is 3.84. The molecule has 4 heteroatoms. The van der Waals surface area contributed by atoms with Gasteiger partial charge in [-0.15, -0.1) is 0 Å². The molecule has 4 nitrogen and oxygen atoms in total. The van der Waals surface area contributed by atoms with E-state index >= 15 is 0 Å². The topological polar surface area (TPSA) is 44.8 Å². The summed E-state index contributed by atoms with van der Waals surface area (Å²) in [7, 11) is 2.98. The number of allylic oxidation sites excluding steroid dienone is 2. The first kappa shape index (κ1) is 15.9. The van der Waals surface area contributed by atoms with Crippen molar-refractivity contribution in [2.24, 2.45) is 0 Å². The molecule has 0 heterocycles. The number of carbonyl (C=O) groups excluding carboxylic acids is 1. The van der Waals surface area contributed by atoms with Gasteiger partial charge < -0.3 is 14.2 Å². The highest BCUT2D eigenvalue weighted by molar-refractivity contribution is 5.82. The van der Waals surface area contributed by atoms with Gasteiger partial charge in [0.15, 0.2) is 0 Å². The van der Waals surface area contributed by atoms with Crippen LogP contribution >= 0.6 is 0 Å². The van der Waals surface area contributed by atoms with Gasteiger partial charge in [0.25, 0.3) is 0 Å². The molecule has 0 aromatic rings. The summed E-state index contributed by atoms with van der Waals surface area (Å²) in [6.07, 6.45) is 5.35. The summed E-state index contributed by atoms with van der Waals surface area (Å²) < 4.78 is 14.5. The predicted molar refractivity (Wildman–Crippen MR) is 66.6 cm³/mol. The molecule has 17 heavy (non-hydrogen) atoms. The van der Waals surface area contributed by atoms with E-state index in [-0.39, 0.29) is 5.97 Å². The number of hydrogen-bond acceptors (Lipinski definition) is 4. The van der Waals surface area contributed by atoms with Gasteiger partial charge in [-0.05, 0) is 26.7 Å². The van der Waals surface area contributed by atoms with E-state index in [2.05, 4.69) is 10.8 Å². The standard InChI is InChI=1S/C13H22O4/c1-11(8-13(14)16-4)6-5-7-12(2)9-17-10-15-3/h7-8H,5-6,9-10H2,1-4H3/b11-8-,12-7-. The smallest absolute Gasteiger partial charge is 0.330 e. The van der Waals surface area contributed by atoms with Gasteiger partial charge in [0.2, 0.25) is 0 Å². The minimum Gasteiger partial charge on any atom is -0.466 e. The molecule has 0 unspecified atom stereocenters. The number of methoxy groups -OCH3 is 2. The molecule has 0 fully saturated rings. The summed E-state index contributed by atoms with van der Waals surface area (Å²) in [6.45, 7) is 4.82. The van der Waals surface area contributed by atoms with Crippen molar-refractivity contribution >= 4 is 5.97 Å². The molecule has 0 saturated carbocycles. The van der Waals surface area contributed by atoms with Crippen molar-refractivity contribution in [2.45, 2.75) is 26.7 Å². The van der Waals surface area contributed by atoms with Crippen molar-refractivity contribution in [3.05, 3.63) is 23.3 Å². The maximum absolute atomic E-state index is 10.9. The lowest BCUT2D eigenvalue weighted by Gasteiger charge is -2.03. The molecule has 98 valence electrons. The fraction of sp³-hybridized carbons (Fsp3) is 0.615. The number of carbonyl (C=O) groups is 1. The van der Waals surface area contributed by atoms with E-state index in [0.717, 1.165) is 24.0 Å². The number of esters is 1. The average Bonchev–Trinajstić information content (AvgIpc) is 2.29. The summed E-state index contributed by atoms with van der Waals surface area (Å²) in [5.41, 5.74) is 2.17. The molecule has 0 radical (unpaired) electrons. The maximum atomic E-state index is 10.9. The SMILES string of the molecule is COCOC/C(C)=C\CC/C(C)=C\C(=O)OC. The second kappa shape index (κ2) is 10.1. The first-order valence-corrected chi connectivity index (χ1v) is 5.57. The zero-order valence-corrected chi connectivity index (χ0v) is 11.1. The molecule has 0 bridgehead atoms. The number of hydrogen-bond donors (Lipinski definition) is 0. The second-order valence-electron chi connectivity index (χ2n) is 3.86. The van der Waals surface area contributed by atoms with E-state index in [4.69, 9.17) is 9.47 Å². The third kappa shape index (κ3) is 9.78. The highest BCUT2D eigenvalue weighted by atomic mass is 16.7. The Labute approximate surface area is 103 Å². The van der Waals surface area contributed by atoms with E-state index in [1.165, 1.54) is 13.2 Å². The Kier molecular flexibility index (Phi) is 9.38. The quantitative estimate of drug-likeness (QED) is 0.216. The van der Waals surface area contributed by atoms with Crippen molar-refractivity contribution in [1.82, 2.24) is 0 Å². The van der Waals surface area contributed by atoms with E-state index in [1.807, 2.05) is 13.8 Å². The predicted octanol–water partition coefficient (Wildman–Crippen LogP) is 2.45. The van der Waals surface area contributed by atoms with Crippen molar-refractivity contribution in [2.75, 3.05) is 27.6 Å². The van der Waals surface area contributed by atoms with Crippen LogP contribution in [0.5, 0.6) is 0 Å². The monoisotopic (exact) mass is 242 g/mol. The number of rotatable bonds is 8. The van der Waals surface area contributed by atoms with Crippen molar-refractivity contribution < 1.29 is 19.0 Å². The summed E-state index contributed by atoms with van der Waals surface area (Å²) in [6, 6.07) is 0. The van der Waals surface area contributed by atoms with Crippen LogP contribution in [0.1, 0.15) is 26.7 Å². The minimum absolute atomic E-state index is 0.299. The molecule has 0 spiro atoms.